The van der Waals surface area contributed by atoms with Gasteiger partial charge in [0.1, 0.15) is 24.5 Å². The molecule has 0 radical (unpaired) electrons. The molecule has 1 aromatic carbocycles. The lowest BCUT2D eigenvalue weighted by Gasteiger charge is -2.13. The lowest BCUT2D eigenvalue weighted by molar-refractivity contribution is -0.117. The normalized spacial score (nSPS) is 11.6. The van der Waals surface area contributed by atoms with Crippen molar-refractivity contribution in [3.8, 4) is 11.8 Å². The van der Waals surface area contributed by atoms with Crippen molar-refractivity contribution in [1.82, 2.24) is 5.32 Å². The minimum Gasteiger partial charge on any atom is -0.489 e. The van der Waals surface area contributed by atoms with E-state index in [0.29, 0.717) is 11.3 Å². The number of carbonyl (C=O) groups is 1. The fraction of sp³-hybridized carbons (Fsp3) is 0.333. The zero-order chi connectivity index (χ0) is 13.4. The standard InChI is InChI=1S/C12H15N3O3/c13-5-9-3-1-2-4-11(9)18-8-10(16)6-15-7-12(14)17/h1-4,10,15-16H,6-8H2,(H2,14,17). The summed E-state index contributed by atoms with van der Waals surface area (Å²) in [5.41, 5.74) is 5.34. The molecular formula is C12H15N3O3. The SMILES string of the molecule is N#Cc1ccccc1OCC(O)CNCC(N)=O. The van der Waals surface area contributed by atoms with Gasteiger partial charge in [0.05, 0.1) is 12.1 Å². The summed E-state index contributed by atoms with van der Waals surface area (Å²) in [5, 5.41) is 21.1. The number of hydrogen-bond acceptors (Lipinski definition) is 5. The third-order valence-electron chi connectivity index (χ3n) is 2.12. The van der Waals surface area contributed by atoms with Crippen LogP contribution in [0.2, 0.25) is 0 Å². The van der Waals surface area contributed by atoms with Gasteiger partial charge in [0.2, 0.25) is 5.91 Å². The van der Waals surface area contributed by atoms with Gasteiger partial charge in [-0.1, -0.05) is 12.1 Å². The van der Waals surface area contributed by atoms with Crippen LogP contribution < -0.4 is 15.8 Å². The predicted molar refractivity (Wildman–Crippen MR) is 64.7 cm³/mol. The molecule has 1 amide bonds. The highest BCUT2D eigenvalue weighted by Crippen LogP contribution is 2.16. The Kier molecular flexibility index (Phi) is 5.64. The monoisotopic (exact) mass is 249 g/mol. The van der Waals surface area contributed by atoms with Gasteiger partial charge in [-0.2, -0.15) is 5.26 Å². The molecule has 0 saturated heterocycles. The smallest absolute Gasteiger partial charge is 0.231 e. The summed E-state index contributed by atoms with van der Waals surface area (Å²) >= 11 is 0. The van der Waals surface area contributed by atoms with Gasteiger partial charge in [-0.25, -0.2) is 0 Å². The number of carbonyl (C=O) groups excluding carboxylic acids is 1. The zero-order valence-corrected chi connectivity index (χ0v) is 9.80. The number of nitrogens with zero attached hydrogens (tertiary/aromatic N) is 1. The molecule has 0 aliphatic heterocycles. The Hall–Kier alpha value is -2.10. The van der Waals surface area contributed by atoms with Crippen molar-refractivity contribution in [3.63, 3.8) is 0 Å². The first-order valence-corrected chi connectivity index (χ1v) is 5.42. The summed E-state index contributed by atoms with van der Waals surface area (Å²) in [6.07, 6.45) is -0.781. The average molecular weight is 249 g/mol. The molecule has 96 valence electrons. The zero-order valence-electron chi connectivity index (χ0n) is 9.80. The number of primary amides is 1. The second kappa shape index (κ2) is 7.27. The first kappa shape index (κ1) is 14.0. The summed E-state index contributed by atoms with van der Waals surface area (Å²) in [4.78, 5) is 10.5. The van der Waals surface area contributed by atoms with Crippen LogP contribution in [-0.4, -0.2) is 36.8 Å². The van der Waals surface area contributed by atoms with E-state index in [-0.39, 0.29) is 19.7 Å². The predicted octanol–water partition coefficient (Wildman–Crippen LogP) is -0.627. The van der Waals surface area contributed by atoms with Gasteiger partial charge in [0.15, 0.2) is 0 Å². The highest BCUT2D eigenvalue weighted by molar-refractivity contribution is 5.75. The van der Waals surface area contributed by atoms with Gasteiger partial charge in [-0.3, -0.25) is 4.79 Å². The first-order chi connectivity index (χ1) is 8.63. The summed E-state index contributed by atoms with van der Waals surface area (Å²) in [7, 11) is 0. The van der Waals surface area contributed by atoms with Crippen molar-refractivity contribution in [3.05, 3.63) is 29.8 Å². The fourth-order valence-electron chi connectivity index (χ4n) is 1.29. The van der Waals surface area contributed by atoms with Crippen LogP contribution in [0, 0.1) is 11.3 Å². The van der Waals surface area contributed by atoms with Gasteiger partial charge in [0, 0.05) is 6.54 Å². The van der Waals surface area contributed by atoms with Crippen molar-refractivity contribution in [2.45, 2.75) is 6.10 Å². The third kappa shape index (κ3) is 4.82. The topological polar surface area (TPSA) is 108 Å². The molecule has 0 spiro atoms. The molecule has 0 bridgehead atoms. The van der Waals surface area contributed by atoms with Gasteiger partial charge in [-0.15, -0.1) is 0 Å². The van der Waals surface area contributed by atoms with Crippen LogP contribution in [0.15, 0.2) is 24.3 Å². The number of aliphatic hydroxyl groups is 1. The maximum atomic E-state index is 10.5. The highest BCUT2D eigenvalue weighted by Gasteiger charge is 2.07. The van der Waals surface area contributed by atoms with E-state index in [1.54, 1.807) is 24.3 Å². The van der Waals surface area contributed by atoms with Crippen molar-refractivity contribution in [1.29, 1.82) is 5.26 Å². The van der Waals surface area contributed by atoms with E-state index in [4.69, 9.17) is 15.7 Å². The lowest BCUT2D eigenvalue weighted by Crippen LogP contribution is -2.36. The van der Waals surface area contributed by atoms with Crippen molar-refractivity contribution < 1.29 is 14.6 Å². The molecule has 1 aromatic rings. The molecule has 1 atom stereocenters. The highest BCUT2D eigenvalue weighted by atomic mass is 16.5. The number of nitrogens with one attached hydrogen (secondary N) is 1. The van der Waals surface area contributed by atoms with Crippen molar-refractivity contribution >= 4 is 5.91 Å². The van der Waals surface area contributed by atoms with Gasteiger partial charge in [-0.05, 0) is 12.1 Å². The van der Waals surface area contributed by atoms with E-state index in [0.717, 1.165) is 0 Å². The Balaban J connectivity index is 2.36. The Bertz CT molecular complexity index is 442. The van der Waals surface area contributed by atoms with E-state index in [2.05, 4.69) is 5.32 Å². The second-order valence-corrected chi connectivity index (χ2v) is 3.67. The molecule has 0 saturated carbocycles. The number of hydrogen-bond donors (Lipinski definition) is 3. The first-order valence-electron chi connectivity index (χ1n) is 5.42. The minimum absolute atomic E-state index is 0.00580. The van der Waals surface area contributed by atoms with Crippen LogP contribution in [0.1, 0.15) is 5.56 Å². The van der Waals surface area contributed by atoms with Crippen LogP contribution in [0.25, 0.3) is 0 Å². The minimum atomic E-state index is -0.781. The summed E-state index contributed by atoms with van der Waals surface area (Å²) in [5.74, 6) is -0.0631. The molecule has 0 fully saturated rings. The van der Waals surface area contributed by atoms with Crippen LogP contribution in [0.3, 0.4) is 0 Å². The van der Waals surface area contributed by atoms with Crippen LogP contribution in [-0.2, 0) is 4.79 Å². The summed E-state index contributed by atoms with van der Waals surface area (Å²) < 4.78 is 5.32. The van der Waals surface area contributed by atoms with E-state index >= 15 is 0 Å². The van der Waals surface area contributed by atoms with Gasteiger partial charge < -0.3 is 20.9 Å². The molecule has 6 nitrogen and oxygen atoms in total. The number of aliphatic hydroxyl groups excluding tert-OH is 1. The summed E-state index contributed by atoms with van der Waals surface area (Å²) in [6, 6.07) is 8.76. The molecule has 18 heavy (non-hydrogen) atoms. The molecule has 0 aliphatic carbocycles. The maximum absolute atomic E-state index is 10.5. The number of benzene rings is 1. The van der Waals surface area contributed by atoms with E-state index in [1.165, 1.54) is 0 Å². The van der Waals surface area contributed by atoms with Gasteiger partial charge in [0.25, 0.3) is 0 Å². The second-order valence-electron chi connectivity index (χ2n) is 3.67. The Morgan fingerprint density at radius 2 is 2.28 bits per heavy atom. The number of nitriles is 1. The van der Waals surface area contributed by atoms with Gasteiger partial charge >= 0.3 is 0 Å². The van der Waals surface area contributed by atoms with Crippen LogP contribution >= 0.6 is 0 Å². The Labute approximate surface area is 105 Å². The maximum Gasteiger partial charge on any atom is 0.231 e. The third-order valence-corrected chi connectivity index (χ3v) is 2.12. The fourth-order valence-corrected chi connectivity index (χ4v) is 1.29. The molecule has 0 aromatic heterocycles. The Morgan fingerprint density at radius 1 is 1.56 bits per heavy atom. The molecule has 4 N–H and O–H groups in total. The number of amides is 1. The largest absolute Gasteiger partial charge is 0.489 e. The van der Waals surface area contributed by atoms with Crippen molar-refractivity contribution in [2.24, 2.45) is 5.73 Å². The molecule has 1 rings (SSSR count). The average Bonchev–Trinajstić information content (AvgIpc) is 2.36. The van der Waals surface area contributed by atoms with Crippen molar-refractivity contribution in [2.75, 3.05) is 19.7 Å². The quantitative estimate of drug-likeness (QED) is 0.596. The van der Waals surface area contributed by atoms with E-state index in [1.807, 2.05) is 6.07 Å². The molecule has 6 heteroatoms. The van der Waals surface area contributed by atoms with E-state index < -0.39 is 12.0 Å². The molecule has 0 aliphatic rings. The number of rotatable bonds is 7. The molecular weight excluding hydrogens is 234 g/mol. The molecule has 1 unspecified atom stereocenters. The summed E-state index contributed by atoms with van der Waals surface area (Å²) in [6.45, 7) is 0.230. The molecule has 0 heterocycles. The van der Waals surface area contributed by atoms with Crippen LogP contribution in [0.4, 0.5) is 0 Å². The lowest BCUT2D eigenvalue weighted by atomic mass is 10.2. The van der Waals surface area contributed by atoms with Crippen LogP contribution in [0.5, 0.6) is 5.75 Å². The number of nitrogens with two attached hydrogens (primary N) is 1. The number of ether oxygens (including phenoxy) is 1. The Morgan fingerprint density at radius 3 is 2.94 bits per heavy atom. The number of para-hydroxylation sites is 1. The van der Waals surface area contributed by atoms with E-state index in [9.17, 15) is 9.90 Å².